The van der Waals surface area contributed by atoms with E-state index in [1.54, 1.807) is 0 Å². The number of carbonyl (C=O) groups is 1. The number of nitrogen functional groups attached to an aromatic ring is 1. The molecule has 0 saturated heterocycles. The molecule has 5 N–H and O–H groups in total. The first kappa shape index (κ1) is 14.6. The SMILES string of the molecule is NC(=O)c1cc(N)cnc1Nc1cccc(C(F)(F)F)c1. The van der Waals surface area contributed by atoms with Gasteiger partial charge in [0.1, 0.15) is 5.82 Å². The van der Waals surface area contributed by atoms with Crippen molar-refractivity contribution in [2.75, 3.05) is 11.1 Å². The predicted octanol–water partition coefficient (Wildman–Crippen LogP) is 2.53. The van der Waals surface area contributed by atoms with E-state index in [1.165, 1.54) is 24.4 Å². The van der Waals surface area contributed by atoms with Crippen molar-refractivity contribution in [3.05, 3.63) is 47.7 Å². The lowest BCUT2D eigenvalue weighted by atomic mass is 10.2. The van der Waals surface area contributed by atoms with Crippen LogP contribution in [0.1, 0.15) is 15.9 Å². The number of primary amides is 1. The molecule has 0 aliphatic carbocycles. The van der Waals surface area contributed by atoms with E-state index in [0.717, 1.165) is 12.1 Å². The maximum atomic E-state index is 12.6. The number of alkyl halides is 3. The molecule has 0 saturated carbocycles. The summed E-state index contributed by atoms with van der Waals surface area (Å²) in [6.07, 6.45) is -3.19. The standard InChI is InChI=1S/C13H11F3N4O/c14-13(15,16)7-2-1-3-9(4-7)20-12-10(11(18)21)5-8(17)6-19-12/h1-6H,17H2,(H2,18,21)(H,19,20). The Bertz CT molecular complexity index is 685. The molecule has 0 aliphatic rings. The molecule has 1 aromatic heterocycles. The van der Waals surface area contributed by atoms with Gasteiger partial charge in [0.25, 0.3) is 5.91 Å². The zero-order valence-corrected chi connectivity index (χ0v) is 10.6. The molecule has 21 heavy (non-hydrogen) atoms. The lowest BCUT2D eigenvalue weighted by molar-refractivity contribution is -0.137. The van der Waals surface area contributed by atoms with Gasteiger partial charge in [-0.15, -0.1) is 0 Å². The second-order valence-electron chi connectivity index (χ2n) is 4.23. The molecule has 5 nitrogen and oxygen atoms in total. The number of pyridine rings is 1. The van der Waals surface area contributed by atoms with Crippen molar-refractivity contribution in [2.24, 2.45) is 5.73 Å². The summed E-state index contributed by atoms with van der Waals surface area (Å²) < 4.78 is 37.9. The lowest BCUT2D eigenvalue weighted by Gasteiger charge is -2.12. The number of benzene rings is 1. The van der Waals surface area contributed by atoms with Gasteiger partial charge < -0.3 is 16.8 Å². The minimum atomic E-state index is -4.46. The monoisotopic (exact) mass is 296 g/mol. The Morgan fingerprint density at radius 3 is 2.57 bits per heavy atom. The molecule has 0 fully saturated rings. The normalized spacial score (nSPS) is 11.2. The number of rotatable bonds is 3. The summed E-state index contributed by atoms with van der Waals surface area (Å²) >= 11 is 0. The fourth-order valence-corrected chi connectivity index (χ4v) is 1.68. The molecule has 2 rings (SSSR count). The van der Waals surface area contributed by atoms with Crippen molar-refractivity contribution in [1.29, 1.82) is 0 Å². The van der Waals surface area contributed by atoms with Crippen LogP contribution in [0.2, 0.25) is 0 Å². The molecule has 2 aromatic rings. The Balaban J connectivity index is 2.37. The van der Waals surface area contributed by atoms with Crippen molar-refractivity contribution < 1.29 is 18.0 Å². The molecule has 110 valence electrons. The van der Waals surface area contributed by atoms with Gasteiger partial charge >= 0.3 is 6.18 Å². The van der Waals surface area contributed by atoms with Gasteiger partial charge in [-0.3, -0.25) is 4.79 Å². The van der Waals surface area contributed by atoms with E-state index in [9.17, 15) is 18.0 Å². The van der Waals surface area contributed by atoms with Crippen LogP contribution < -0.4 is 16.8 Å². The van der Waals surface area contributed by atoms with Gasteiger partial charge in [-0.2, -0.15) is 13.2 Å². The van der Waals surface area contributed by atoms with Crippen molar-refractivity contribution in [3.8, 4) is 0 Å². The first-order chi connectivity index (χ1) is 9.77. The minimum absolute atomic E-state index is 0.00703. The molecule has 0 bridgehead atoms. The van der Waals surface area contributed by atoms with Gasteiger partial charge in [-0.25, -0.2) is 4.98 Å². The van der Waals surface area contributed by atoms with E-state index >= 15 is 0 Å². The van der Waals surface area contributed by atoms with E-state index in [1.807, 2.05) is 0 Å². The van der Waals surface area contributed by atoms with E-state index in [2.05, 4.69) is 10.3 Å². The van der Waals surface area contributed by atoms with E-state index < -0.39 is 17.6 Å². The molecule has 0 atom stereocenters. The number of hydrogen-bond acceptors (Lipinski definition) is 4. The maximum absolute atomic E-state index is 12.6. The number of aromatic nitrogens is 1. The fourth-order valence-electron chi connectivity index (χ4n) is 1.68. The number of amides is 1. The number of halogens is 3. The third-order valence-corrected chi connectivity index (χ3v) is 2.63. The van der Waals surface area contributed by atoms with E-state index in [4.69, 9.17) is 11.5 Å². The Kier molecular flexibility index (Phi) is 3.70. The summed E-state index contributed by atoms with van der Waals surface area (Å²) in [5, 5.41) is 2.63. The zero-order chi connectivity index (χ0) is 15.6. The number of hydrogen-bond donors (Lipinski definition) is 3. The van der Waals surface area contributed by atoms with Crippen LogP contribution in [0.5, 0.6) is 0 Å². The van der Waals surface area contributed by atoms with E-state index in [-0.39, 0.29) is 22.8 Å². The van der Waals surface area contributed by atoms with Crippen LogP contribution in [-0.2, 0) is 6.18 Å². The van der Waals surface area contributed by atoms with Crippen molar-refractivity contribution >= 4 is 23.1 Å². The first-order valence-corrected chi connectivity index (χ1v) is 5.77. The molecule has 0 radical (unpaired) electrons. The molecular weight excluding hydrogens is 285 g/mol. The average Bonchev–Trinajstić information content (AvgIpc) is 2.40. The zero-order valence-electron chi connectivity index (χ0n) is 10.6. The van der Waals surface area contributed by atoms with Crippen LogP contribution in [0, 0.1) is 0 Å². The highest BCUT2D eigenvalue weighted by molar-refractivity contribution is 5.99. The second kappa shape index (κ2) is 5.31. The Hall–Kier alpha value is -2.77. The molecule has 1 aromatic carbocycles. The van der Waals surface area contributed by atoms with Gasteiger partial charge in [0.15, 0.2) is 0 Å². The first-order valence-electron chi connectivity index (χ1n) is 5.77. The Morgan fingerprint density at radius 2 is 1.95 bits per heavy atom. The van der Waals surface area contributed by atoms with Gasteiger partial charge in [0.2, 0.25) is 0 Å². The number of carbonyl (C=O) groups excluding carboxylic acids is 1. The van der Waals surface area contributed by atoms with Crippen LogP contribution in [0.15, 0.2) is 36.5 Å². The lowest BCUT2D eigenvalue weighted by Crippen LogP contribution is -2.15. The average molecular weight is 296 g/mol. The highest BCUT2D eigenvalue weighted by atomic mass is 19.4. The predicted molar refractivity (Wildman–Crippen MR) is 71.9 cm³/mol. The highest BCUT2D eigenvalue weighted by Gasteiger charge is 2.30. The van der Waals surface area contributed by atoms with Crippen LogP contribution >= 0.6 is 0 Å². The third-order valence-electron chi connectivity index (χ3n) is 2.63. The quantitative estimate of drug-likeness (QED) is 0.811. The van der Waals surface area contributed by atoms with Crippen molar-refractivity contribution in [2.45, 2.75) is 6.18 Å². The molecule has 0 aliphatic heterocycles. The summed E-state index contributed by atoms with van der Waals surface area (Å²) in [6.45, 7) is 0. The summed E-state index contributed by atoms with van der Waals surface area (Å²) in [7, 11) is 0. The molecule has 0 unspecified atom stereocenters. The fraction of sp³-hybridized carbons (Fsp3) is 0.0769. The number of nitrogens with zero attached hydrogens (tertiary/aromatic N) is 1. The second-order valence-corrected chi connectivity index (χ2v) is 4.23. The maximum Gasteiger partial charge on any atom is 0.416 e. The number of anilines is 3. The van der Waals surface area contributed by atoms with Crippen LogP contribution in [0.25, 0.3) is 0 Å². The third kappa shape index (κ3) is 3.41. The number of nitrogens with one attached hydrogen (secondary N) is 1. The molecular formula is C13H11F3N4O. The van der Waals surface area contributed by atoms with Crippen LogP contribution in [-0.4, -0.2) is 10.9 Å². The van der Waals surface area contributed by atoms with Gasteiger partial charge in [-0.1, -0.05) is 6.07 Å². The van der Waals surface area contributed by atoms with Gasteiger partial charge in [0.05, 0.1) is 23.0 Å². The van der Waals surface area contributed by atoms with Crippen molar-refractivity contribution in [3.63, 3.8) is 0 Å². The summed E-state index contributed by atoms with van der Waals surface area (Å²) in [5.74, 6) is -0.750. The summed E-state index contributed by atoms with van der Waals surface area (Å²) in [4.78, 5) is 15.2. The highest BCUT2D eigenvalue weighted by Crippen LogP contribution is 2.31. The smallest absolute Gasteiger partial charge is 0.397 e. The molecule has 1 heterocycles. The van der Waals surface area contributed by atoms with Crippen molar-refractivity contribution in [1.82, 2.24) is 4.98 Å². The topological polar surface area (TPSA) is 94.0 Å². The summed E-state index contributed by atoms with van der Waals surface area (Å²) in [5.41, 5.74) is 10.2. The molecule has 0 spiro atoms. The molecule has 8 heteroatoms. The summed E-state index contributed by atoms with van der Waals surface area (Å²) in [6, 6.07) is 5.80. The Labute approximate surface area is 117 Å². The Morgan fingerprint density at radius 1 is 1.24 bits per heavy atom. The number of nitrogens with two attached hydrogens (primary N) is 2. The van der Waals surface area contributed by atoms with Crippen LogP contribution in [0.3, 0.4) is 0 Å². The largest absolute Gasteiger partial charge is 0.416 e. The van der Waals surface area contributed by atoms with Crippen LogP contribution in [0.4, 0.5) is 30.4 Å². The van der Waals surface area contributed by atoms with Gasteiger partial charge in [0, 0.05) is 5.69 Å². The molecule has 1 amide bonds. The minimum Gasteiger partial charge on any atom is -0.397 e. The van der Waals surface area contributed by atoms with Gasteiger partial charge in [-0.05, 0) is 24.3 Å². The van der Waals surface area contributed by atoms with E-state index in [0.29, 0.717) is 0 Å².